The molecule has 4 heterocycles. The van der Waals surface area contributed by atoms with E-state index in [4.69, 9.17) is 20.9 Å². The van der Waals surface area contributed by atoms with Crippen molar-refractivity contribution in [3.05, 3.63) is 11.1 Å². The Kier molecular flexibility index (Phi) is 8.20. The van der Waals surface area contributed by atoms with Gasteiger partial charge in [-0.25, -0.2) is 14.5 Å². The maximum absolute atomic E-state index is 12.9. The Bertz CT molecular complexity index is 1360. The fourth-order valence-corrected chi connectivity index (χ4v) is 6.98. The number of hydrogen-bond donors (Lipinski definition) is 5. The van der Waals surface area contributed by atoms with Crippen molar-refractivity contribution >= 4 is 75.2 Å². The Morgan fingerprint density at radius 3 is 2.77 bits per heavy atom. The molecule has 2 aromatic rings. The molecule has 6 N–H and O–H groups in total. The fourth-order valence-electron chi connectivity index (χ4n) is 3.69. The molecule has 4 rings (SSSR count). The van der Waals surface area contributed by atoms with Gasteiger partial charge >= 0.3 is 11.9 Å². The van der Waals surface area contributed by atoms with Gasteiger partial charge in [0.05, 0.1) is 6.54 Å². The molecule has 3 atom stereocenters. The summed E-state index contributed by atoms with van der Waals surface area (Å²) in [5.74, 6) is -3.77. The normalized spacial score (nSPS) is 23.1. The van der Waals surface area contributed by atoms with E-state index in [1.807, 2.05) is 0 Å². The molecule has 2 fully saturated rings. The van der Waals surface area contributed by atoms with Gasteiger partial charge in [0.25, 0.3) is 5.91 Å². The van der Waals surface area contributed by atoms with Crippen LogP contribution in [0.4, 0.5) is 5.13 Å². The van der Waals surface area contributed by atoms with Crippen LogP contribution in [0.5, 0.6) is 0 Å². The van der Waals surface area contributed by atoms with Gasteiger partial charge in [-0.1, -0.05) is 22.1 Å². The summed E-state index contributed by atoms with van der Waals surface area (Å²) in [5.41, 5.74) is 3.63. The van der Waals surface area contributed by atoms with Crippen LogP contribution < -0.4 is 11.1 Å². The molecule has 39 heavy (non-hydrogen) atoms. The molecule has 2 aliphatic heterocycles. The first kappa shape index (κ1) is 28.0. The van der Waals surface area contributed by atoms with Gasteiger partial charge in [-0.2, -0.15) is 0 Å². The van der Waals surface area contributed by atoms with E-state index < -0.39 is 52.8 Å². The van der Waals surface area contributed by atoms with Gasteiger partial charge < -0.3 is 36.2 Å². The number of rotatable bonds is 11. The number of carbonyl (C=O) groups excluding carboxylic acids is 2. The molecule has 2 saturated heterocycles. The molecular weight excluding hydrogens is 580 g/mol. The van der Waals surface area contributed by atoms with Crippen LogP contribution in [0.3, 0.4) is 0 Å². The molecule has 21 heteroatoms. The number of aliphatic carboxylic acids is 2. The maximum Gasteiger partial charge on any atom is 0.355 e. The number of amides is 2. The van der Waals surface area contributed by atoms with Gasteiger partial charge in [0.15, 0.2) is 16.6 Å². The quantitative estimate of drug-likeness (QED) is 0.0629. The van der Waals surface area contributed by atoms with E-state index in [0.29, 0.717) is 0 Å². The summed E-state index contributed by atoms with van der Waals surface area (Å²) in [4.78, 5) is 59.3. The molecule has 0 spiro atoms. The first-order valence-corrected chi connectivity index (χ1v) is 13.6. The predicted octanol–water partition coefficient (Wildman–Crippen LogP) is -1.76. The maximum atomic E-state index is 12.9. The summed E-state index contributed by atoms with van der Waals surface area (Å²) < 4.78 is 1.05. The van der Waals surface area contributed by atoms with Gasteiger partial charge in [0.2, 0.25) is 11.1 Å². The third-order valence-corrected chi connectivity index (χ3v) is 9.20. The van der Waals surface area contributed by atoms with E-state index in [2.05, 4.69) is 36.1 Å². The summed E-state index contributed by atoms with van der Waals surface area (Å²) in [7, 11) is 1.25. The fraction of sp³-hybridized carbons (Fsp3) is 0.444. The van der Waals surface area contributed by atoms with Crippen molar-refractivity contribution in [2.24, 2.45) is 15.7 Å². The Morgan fingerprint density at radius 1 is 1.38 bits per heavy atom. The average molecular weight is 601 g/mol. The van der Waals surface area contributed by atoms with Crippen molar-refractivity contribution < 1.29 is 39.4 Å². The van der Waals surface area contributed by atoms with Crippen molar-refractivity contribution in [3.8, 4) is 0 Å². The molecule has 2 amide bonds. The minimum atomic E-state index is -1.48. The number of carboxylic acids is 2. The largest absolute Gasteiger partial charge is 0.481 e. The van der Waals surface area contributed by atoms with Crippen molar-refractivity contribution in [1.29, 1.82) is 0 Å². The molecule has 18 nitrogen and oxygen atoms in total. The monoisotopic (exact) mass is 600 g/mol. The van der Waals surface area contributed by atoms with Crippen LogP contribution in [-0.4, -0.2) is 117 Å². The topological polar surface area (TPSA) is 261 Å². The Labute approximate surface area is 230 Å². The van der Waals surface area contributed by atoms with Crippen LogP contribution in [0.2, 0.25) is 0 Å². The average Bonchev–Trinajstić information content (AvgIpc) is 3.55. The Hall–Kier alpha value is -3.98. The minimum Gasteiger partial charge on any atom is -0.481 e. The Morgan fingerprint density at radius 2 is 2.15 bits per heavy atom. The zero-order valence-electron chi connectivity index (χ0n) is 19.8. The SMILES string of the molecule is CON=C(C(=O)NC1C(=O)N2CC(CSc3nnnn3CC(=NO)C(=O)O)(C(=O)O)CS[C@H]12)c1csc(N)n1. The number of hydrogen-bond acceptors (Lipinski definition) is 16. The molecule has 0 radical (unpaired) electrons. The third-order valence-electron chi connectivity index (χ3n) is 5.69. The van der Waals surface area contributed by atoms with E-state index >= 15 is 0 Å². The summed E-state index contributed by atoms with van der Waals surface area (Å²) >= 11 is 3.24. The van der Waals surface area contributed by atoms with Gasteiger partial charge in [-0.15, -0.1) is 28.2 Å². The van der Waals surface area contributed by atoms with Crippen LogP contribution in [0.1, 0.15) is 5.69 Å². The number of fused-ring (bicyclic) bond motifs is 1. The van der Waals surface area contributed by atoms with Crippen LogP contribution in [-0.2, 0) is 30.6 Å². The molecule has 2 aliphatic rings. The van der Waals surface area contributed by atoms with Crippen molar-refractivity contribution in [2.75, 3.05) is 30.9 Å². The number of tetrazole rings is 1. The highest BCUT2D eigenvalue weighted by Gasteiger charge is 2.57. The smallest absolute Gasteiger partial charge is 0.355 e. The first-order valence-electron chi connectivity index (χ1n) is 10.7. The number of nitrogens with two attached hydrogens (primary N) is 1. The summed E-state index contributed by atoms with van der Waals surface area (Å²) in [5, 5.41) is 49.2. The van der Waals surface area contributed by atoms with E-state index in [1.54, 1.807) is 0 Å². The molecular formula is C18H20N10O8S3. The summed E-state index contributed by atoms with van der Waals surface area (Å²) in [6, 6.07) is -0.917. The number of nitrogens with zero attached hydrogens (tertiary/aromatic N) is 8. The number of thiazole rings is 1. The number of nitrogen functional groups attached to an aromatic ring is 1. The van der Waals surface area contributed by atoms with Crippen molar-refractivity contribution in [3.63, 3.8) is 0 Å². The highest BCUT2D eigenvalue weighted by molar-refractivity contribution is 8.00. The zero-order chi connectivity index (χ0) is 28.3. The van der Waals surface area contributed by atoms with Crippen LogP contribution in [0.25, 0.3) is 0 Å². The predicted molar refractivity (Wildman–Crippen MR) is 135 cm³/mol. The molecule has 0 aliphatic carbocycles. The third kappa shape index (κ3) is 5.59. The lowest BCUT2D eigenvalue weighted by Crippen LogP contribution is -2.74. The lowest BCUT2D eigenvalue weighted by Gasteiger charge is -2.53. The molecule has 0 aromatic carbocycles. The number of carbonyl (C=O) groups is 4. The summed E-state index contributed by atoms with van der Waals surface area (Å²) in [6.07, 6.45) is 0. The first-order chi connectivity index (χ1) is 18.6. The molecule has 0 saturated carbocycles. The minimum absolute atomic E-state index is 0.0577. The standard InChI is InChI=1S/C18H20N10O8S3/c1-36-24-9(8-3-37-16(19)20-8)11(29)21-10-12(30)27-4-18(15(33)34,5-38-13(10)27)6-39-17-22-25-26-28(17)2-7(23-35)14(31)32/h3,10,13,35H,2,4-6H2,1H3,(H2,19,20)(H,21,29)(H,31,32)(H,33,34)/t10?,13-,18?/m1/s1. The Balaban J connectivity index is 1.42. The second-order valence-corrected chi connectivity index (χ2v) is 11.1. The number of nitrogens with one attached hydrogen (secondary N) is 1. The zero-order valence-corrected chi connectivity index (χ0v) is 22.3. The lowest BCUT2D eigenvalue weighted by atomic mass is 9.89. The summed E-state index contributed by atoms with van der Waals surface area (Å²) in [6.45, 7) is -0.591. The molecule has 2 aromatic heterocycles. The van der Waals surface area contributed by atoms with Gasteiger partial charge in [-0.3, -0.25) is 14.4 Å². The van der Waals surface area contributed by atoms with Crippen LogP contribution >= 0.6 is 34.9 Å². The lowest BCUT2D eigenvalue weighted by molar-refractivity contribution is -0.157. The van der Waals surface area contributed by atoms with E-state index in [0.717, 1.165) is 27.8 Å². The van der Waals surface area contributed by atoms with Gasteiger partial charge in [0.1, 0.15) is 29.6 Å². The second-order valence-electron chi connectivity index (χ2n) is 8.16. The number of oxime groups is 2. The number of aromatic nitrogens is 5. The highest BCUT2D eigenvalue weighted by atomic mass is 32.2. The molecule has 2 unspecified atom stereocenters. The van der Waals surface area contributed by atoms with E-state index in [9.17, 15) is 24.3 Å². The van der Waals surface area contributed by atoms with Crippen molar-refractivity contribution in [2.45, 2.75) is 23.1 Å². The molecule has 0 bridgehead atoms. The van der Waals surface area contributed by atoms with Crippen LogP contribution in [0.15, 0.2) is 20.8 Å². The highest BCUT2D eigenvalue weighted by Crippen LogP contribution is 2.44. The van der Waals surface area contributed by atoms with Crippen LogP contribution in [0, 0.1) is 5.41 Å². The number of anilines is 1. The van der Waals surface area contributed by atoms with Crippen molar-refractivity contribution in [1.82, 2.24) is 35.4 Å². The number of carboxylic acid groups (broad SMARTS) is 2. The molecule has 208 valence electrons. The van der Waals surface area contributed by atoms with E-state index in [-0.39, 0.29) is 39.7 Å². The van der Waals surface area contributed by atoms with Gasteiger partial charge in [0, 0.05) is 23.4 Å². The van der Waals surface area contributed by atoms with Gasteiger partial charge in [-0.05, 0) is 10.4 Å². The number of thioether (sulfide) groups is 2. The number of β-lactam (4-membered cyclic amide) rings is 1. The second kappa shape index (κ2) is 11.4. The van der Waals surface area contributed by atoms with E-state index in [1.165, 1.54) is 29.2 Å².